The Bertz CT molecular complexity index is 135. The lowest BCUT2D eigenvalue weighted by Crippen LogP contribution is -2.25. The van der Waals surface area contributed by atoms with E-state index in [4.69, 9.17) is 0 Å². The summed E-state index contributed by atoms with van der Waals surface area (Å²) < 4.78 is 0. The molecule has 1 rings (SSSR count). The Kier molecular flexibility index (Phi) is 4.28. The molecular formula is C13H26. The van der Waals surface area contributed by atoms with Gasteiger partial charge in [-0.1, -0.05) is 47.0 Å². The molecule has 2 atom stereocenters. The van der Waals surface area contributed by atoms with Crippen LogP contribution in [-0.2, 0) is 0 Å². The largest absolute Gasteiger partial charge is 0.0628 e. The standard InChI is InChI=1S/C13H26/c1-10(2)9-12-7-5-6-8-13(12)11(3)4/h10-13H,5-9H2,1-4H3/t12-,13?/m0/s1. The van der Waals surface area contributed by atoms with Gasteiger partial charge in [-0.3, -0.25) is 0 Å². The normalized spacial score (nSPS) is 30.0. The van der Waals surface area contributed by atoms with Crippen LogP contribution in [0.4, 0.5) is 0 Å². The highest BCUT2D eigenvalue weighted by molar-refractivity contribution is 4.78. The quantitative estimate of drug-likeness (QED) is 0.603. The van der Waals surface area contributed by atoms with Crippen molar-refractivity contribution >= 4 is 0 Å². The molecule has 0 aromatic heterocycles. The van der Waals surface area contributed by atoms with Crippen LogP contribution in [-0.4, -0.2) is 0 Å². The van der Waals surface area contributed by atoms with Crippen LogP contribution in [0.15, 0.2) is 0 Å². The summed E-state index contributed by atoms with van der Waals surface area (Å²) in [5, 5.41) is 0. The van der Waals surface area contributed by atoms with Gasteiger partial charge in [0.25, 0.3) is 0 Å². The SMILES string of the molecule is CC(C)C[C@@H]1CCCCC1C(C)C. The minimum Gasteiger partial charge on any atom is -0.0628 e. The second-order valence-electron chi connectivity index (χ2n) is 5.58. The van der Waals surface area contributed by atoms with E-state index < -0.39 is 0 Å². The number of rotatable bonds is 3. The molecule has 0 radical (unpaired) electrons. The van der Waals surface area contributed by atoms with Gasteiger partial charge in [0.2, 0.25) is 0 Å². The van der Waals surface area contributed by atoms with E-state index in [1.807, 2.05) is 0 Å². The molecule has 0 nitrogen and oxygen atoms in total. The molecule has 0 aliphatic heterocycles. The minimum absolute atomic E-state index is 0.893. The first-order valence-corrected chi connectivity index (χ1v) is 6.11. The van der Waals surface area contributed by atoms with Gasteiger partial charge in [0.1, 0.15) is 0 Å². The second kappa shape index (κ2) is 5.02. The lowest BCUT2D eigenvalue weighted by atomic mass is 9.71. The van der Waals surface area contributed by atoms with Gasteiger partial charge in [-0.15, -0.1) is 0 Å². The molecule has 1 fully saturated rings. The molecule has 1 unspecified atom stereocenters. The van der Waals surface area contributed by atoms with E-state index >= 15 is 0 Å². The van der Waals surface area contributed by atoms with Gasteiger partial charge >= 0.3 is 0 Å². The maximum absolute atomic E-state index is 2.41. The molecule has 0 heteroatoms. The maximum Gasteiger partial charge on any atom is -0.0363 e. The fraction of sp³-hybridized carbons (Fsp3) is 1.00. The molecule has 78 valence electrons. The average molecular weight is 182 g/mol. The van der Waals surface area contributed by atoms with Gasteiger partial charge in [0.15, 0.2) is 0 Å². The van der Waals surface area contributed by atoms with E-state index in [2.05, 4.69) is 27.7 Å². The monoisotopic (exact) mass is 182 g/mol. The molecular weight excluding hydrogens is 156 g/mol. The van der Waals surface area contributed by atoms with Crippen molar-refractivity contribution in [3.05, 3.63) is 0 Å². The summed E-state index contributed by atoms with van der Waals surface area (Å²) in [6, 6.07) is 0. The Morgan fingerprint density at radius 1 is 1.00 bits per heavy atom. The van der Waals surface area contributed by atoms with Crippen LogP contribution < -0.4 is 0 Å². The lowest BCUT2D eigenvalue weighted by Gasteiger charge is -2.35. The molecule has 0 aromatic carbocycles. The molecule has 13 heavy (non-hydrogen) atoms. The van der Waals surface area contributed by atoms with E-state index in [-0.39, 0.29) is 0 Å². The zero-order chi connectivity index (χ0) is 9.84. The highest BCUT2D eigenvalue weighted by Crippen LogP contribution is 2.38. The first kappa shape index (κ1) is 11.1. The summed E-state index contributed by atoms with van der Waals surface area (Å²) in [4.78, 5) is 0. The number of hydrogen-bond donors (Lipinski definition) is 0. The van der Waals surface area contributed by atoms with Crippen molar-refractivity contribution in [2.75, 3.05) is 0 Å². The third-order valence-electron chi connectivity index (χ3n) is 3.60. The highest BCUT2D eigenvalue weighted by Gasteiger charge is 2.27. The Hall–Kier alpha value is 0. The summed E-state index contributed by atoms with van der Waals surface area (Å²) in [5.74, 6) is 3.86. The van der Waals surface area contributed by atoms with Gasteiger partial charge in [-0.2, -0.15) is 0 Å². The molecule has 0 heterocycles. The van der Waals surface area contributed by atoms with Crippen LogP contribution in [0.3, 0.4) is 0 Å². The van der Waals surface area contributed by atoms with Crippen LogP contribution in [0.5, 0.6) is 0 Å². The number of hydrogen-bond acceptors (Lipinski definition) is 0. The van der Waals surface area contributed by atoms with Crippen molar-refractivity contribution in [1.29, 1.82) is 0 Å². The smallest absolute Gasteiger partial charge is 0.0363 e. The third-order valence-corrected chi connectivity index (χ3v) is 3.60. The summed E-state index contributed by atoms with van der Waals surface area (Å²) in [6.07, 6.45) is 7.43. The second-order valence-corrected chi connectivity index (χ2v) is 5.58. The molecule has 0 amide bonds. The van der Waals surface area contributed by atoms with Crippen LogP contribution >= 0.6 is 0 Å². The summed E-state index contributed by atoms with van der Waals surface area (Å²) in [5.41, 5.74) is 0. The molecule has 0 N–H and O–H groups in total. The Morgan fingerprint density at radius 3 is 2.15 bits per heavy atom. The van der Waals surface area contributed by atoms with Crippen molar-refractivity contribution in [2.24, 2.45) is 23.7 Å². The summed E-state index contributed by atoms with van der Waals surface area (Å²) in [7, 11) is 0. The van der Waals surface area contributed by atoms with E-state index in [9.17, 15) is 0 Å². The first-order chi connectivity index (χ1) is 6.11. The van der Waals surface area contributed by atoms with E-state index in [1.54, 1.807) is 0 Å². The topological polar surface area (TPSA) is 0 Å². The molecule has 0 saturated heterocycles. The van der Waals surface area contributed by atoms with Gasteiger partial charge < -0.3 is 0 Å². The van der Waals surface area contributed by atoms with Crippen LogP contribution in [0.1, 0.15) is 59.8 Å². The fourth-order valence-electron chi connectivity index (χ4n) is 3.01. The molecule has 1 aliphatic carbocycles. The molecule has 0 bridgehead atoms. The van der Waals surface area contributed by atoms with Gasteiger partial charge in [-0.25, -0.2) is 0 Å². The fourth-order valence-corrected chi connectivity index (χ4v) is 3.01. The lowest BCUT2D eigenvalue weighted by molar-refractivity contribution is 0.156. The molecule has 0 spiro atoms. The van der Waals surface area contributed by atoms with Crippen LogP contribution in [0.25, 0.3) is 0 Å². The zero-order valence-corrected chi connectivity index (χ0v) is 9.84. The van der Waals surface area contributed by atoms with Crippen molar-refractivity contribution in [2.45, 2.75) is 59.8 Å². The Morgan fingerprint density at radius 2 is 1.62 bits per heavy atom. The zero-order valence-electron chi connectivity index (χ0n) is 9.84. The molecule has 0 aromatic rings. The highest BCUT2D eigenvalue weighted by atomic mass is 14.3. The van der Waals surface area contributed by atoms with Gasteiger partial charge in [-0.05, 0) is 36.5 Å². The summed E-state index contributed by atoms with van der Waals surface area (Å²) in [6.45, 7) is 9.55. The Labute approximate surface area is 84.1 Å². The van der Waals surface area contributed by atoms with E-state index in [0.717, 1.165) is 23.7 Å². The predicted octanol–water partition coefficient (Wildman–Crippen LogP) is 4.49. The van der Waals surface area contributed by atoms with Crippen molar-refractivity contribution in [3.63, 3.8) is 0 Å². The van der Waals surface area contributed by atoms with Crippen molar-refractivity contribution in [1.82, 2.24) is 0 Å². The van der Waals surface area contributed by atoms with E-state index in [1.165, 1.54) is 32.1 Å². The van der Waals surface area contributed by atoms with Gasteiger partial charge in [0.05, 0.1) is 0 Å². The van der Waals surface area contributed by atoms with Crippen molar-refractivity contribution < 1.29 is 0 Å². The molecule has 1 saturated carbocycles. The predicted molar refractivity (Wildman–Crippen MR) is 59.7 cm³/mol. The minimum atomic E-state index is 0.893. The summed E-state index contributed by atoms with van der Waals surface area (Å²) >= 11 is 0. The molecule has 1 aliphatic rings. The van der Waals surface area contributed by atoms with Gasteiger partial charge in [0, 0.05) is 0 Å². The van der Waals surface area contributed by atoms with Crippen molar-refractivity contribution in [3.8, 4) is 0 Å². The van der Waals surface area contributed by atoms with E-state index in [0.29, 0.717) is 0 Å². The third kappa shape index (κ3) is 3.32. The van der Waals surface area contributed by atoms with Crippen LogP contribution in [0, 0.1) is 23.7 Å². The maximum atomic E-state index is 2.41. The Balaban J connectivity index is 2.46. The first-order valence-electron chi connectivity index (χ1n) is 6.11. The average Bonchev–Trinajstić information content (AvgIpc) is 2.03. The van der Waals surface area contributed by atoms with Crippen LogP contribution in [0.2, 0.25) is 0 Å².